The fourth-order valence-electron chi connectivity index (χ4n) is 8.17. The molecular weight excluding hydrogens is 796 g/mol. The van der Waals surface area contributed by atoms with E-state index in [0.29, 0.717) is 41.1 Å². The number of allylic oxidation sites excluding steroid dienone is 2. The van der Waals surface area contributed by atoms with E-state index in [9.17, 15) is 0 Å². The predicted octanol–water partition coefficient (Wildman–Crippen LogP) is 11.4. The van der Waals surface area contributed by atoms with E-state index < -0.39 is 0 Å². The molecule has 0 bridgehead atoms. The van der Waals surface area contributed by atoms with Crippen LogP contribution in [0.25, 0.3) is 33.3 Å². The molecule has 3 atom stereocenters. The number of aromatic nitrogens is 4. The molecule has 50 heavy (non-hydrogen) atoms. The third-order valence-electron chi connectivity index (χ3n) is 10.2. The number of aryl methyl sites for hydroxylation is 1. The van der Waals surface area contributed by atoms with E-state index in [-0.39, 0.29) is 21.1 Å². The monoisotopic (exact) mass is 843 g/mol. The Labute approximate surface area is 312 Å². The fraction of sp³-hybridized carbons (Fsp3) is 0.364. The summed E-state index contributed by atoms with van der Waals surface area (Å²) < 4.78 is 10.9. The van der Waals surface area contributed by atoms with Crippen molar-refractivity contribution in [3.05, 3.63) is 119 Å². The van der Waals surface area contributed by atoms with Crippen LogP contribution < -0.4 is 4.74 Å². The first-order valence-electron chi connectivity index (χ1n) is 17.9. The zero-order valence-electron chi connectivity index (χ0n) is 30.7. The van der Waals surface area contributed by atoms with Crippen molar-refractivity contribution in [2.45, 2.75) is 87.0 Å². The molecule has 5 nitrogen and oxygen atoms in total. The third kappa shape index (κ3) is 6.74. The maximum atomic E-state index is 6.65. The van der Waals surface area contributed by atoms with Crippen LogP contribution in [0.2, 0.25) is 0 Å². The molecule has 6 heteroatoms. The Hall–Kier alpha value is -3.95. The normalized spacial score (nSPS) is 17.8. The number of para-hydroxylation sites is 1. The van der Waals surface area contributed by atoms with Crippen LogP contribution in [0.3, 0.4) is 0 Å². The first-order valence-corrected chi connectivity index (χ1v) is 17.9. The molecule has 0 N–H and O–H groups in total. The van der Waals surface area contributed by atoms with Crippen molar-refractivity contribution in [2.75, 3.05) is 0 Å². The van der Waals surface area contributed by atoms with E-state index in [1.807, 2.05) is 12.3 Å². The minimum atomic E-state index is 0. The number of pyridine rings is 1. The van der Waals surface area contributed by atoms with E-state index >= 15 is 0 Å². The third-order valence-corrected chi connectivity index (χ3v) is 10.2. The smallest absolute Gasteiger partial charge is 0.509 e. The summed E-state index contributed by atoms with van der Waals surface area (Å²) in [7, 11) is 0. The summed E-state index contributed by atoms with van der Waals surface area (Å²) in [5.74, 6) is 4.59. The second-order valence-corrected chi connectivity index (χ2v) is 15.1. The van der Waals surface area contributed by atoms with Crippen LogP contribution in [0.5, 0.6) is 11.5 Å². The Morgan fingerprint density at radius 3 is 2.42 bits per heavy atom. The van der Waals surface area contributed by atoms with Crippen molar-refractivity contribution in [3.8, 4) is 23.0 Å². The van der Waals surface area contributed by atoms with Crippen molar-refractivity contribution >= 4 is 21.8 Å². The molecule has 1 unspecified atom stereocenters. The maximum Gasteiger partial charge on any atom is 2.00 e. The molecule has 0 saturated carbocycles. The maximum absolute atomic E-state index is 6.65. The zero-order chi connectivity index (χ0) is 34.6. The Balaban J connectivity index is 0.00000432. The van der Waals surface area contributed by atoms with E-state index in [0.717, 1.165) is 40.0 Å². The molecule has 260 valence electrons. The molecule has 3 aromatic heterocycles. The minimum Gasteiger partial charge on any atom is -0.509 e. The van der Waals surface area contributed by atoms with Crippen LogP contribution in [-0.2, 0) is 27.5 Å². The molecule has 6 aromatic rings. The summed E-state index contributed by atoms with van der Waals surface area (Å²) in [6.07, 6.45) is 6.56. The van der Waals surface area contributed by atoms with Gasteiger partial charge in [0.15, 0.2) is 0 Å². The Kier molecular flexibility index (Phi) is 10.3. The summed E-state index contributed by atoms with van der Waals surface area (Å²) >= 11 is 0. The average Bonchev–Trinajstić information content (AvgIpc) is 3.53. The SMILES string of the molecule is CC1=C[C@H](C)C[C@H](C)C1c1c(C)nn(-c2[c-]c(Oc3[c-]c4c(cc3)c3ccccc3n4-c3cc(CC(C)C)ccn3)cc(C(C)C)c2)c1C.[Pt+2]. The molecule has 0 fully saturated rings. The summed E-state index contributed by atoms with van der Waals surface area (Å²) in [6.45, 7) is 20.3. The standard InChI is InChI=1S/C44H48N4O.Pt/c1-26(2)18-33-16-17-45-42(21-33)47-40-13-11-10-12-38(40)39-15-14-36(25-41(39)47)49-37-23-34(27(3)4)22-35(24-37)48-32(9)44(31(8)46-48)43-29(6)19-28(5)20-30(43)7;/h10-17,19,21-23,26-28,30,43H,18,20H2,1-9H3;/q-2;+2/t28-,30-,43?;/m0./s1. The average molecular weight is 844 g/mol. The largest absolute Gasteiger partial charge is 2.00 e. The van der Waals surface area contributed by atoms with Gasteiger partial charge in [-0.1, -0.05) is 76.9 Å². The molecule has 1 aliphatic carbocycles. The molecule has 0 radical (unpaired) electrons. The summed E-state index contributed by atoms with van der Waals surface area (Å²) in [4.78, 5) is 4.83. The van der Waals surface area contributed by atoms with Gasteiger partial charge in [-0.25, -0.2) is 4.98 Å². The van der Waals surface area contributed by atoms with Crippen LogP contribution in [-0.4, -0.2) is 19.3 Å². The van der Waals surface area contributed by atoms with E-state index in [1.54, 1.807) is 0 Å². The Morgan fingerprint density at radius 2 is 1.68 bits per heavy atom. The summed E-state index contributed by atoms with van der Waals surface area (Å²) in [6, 6.07) is 28.5. The van der Waals surface area contributed by atoms with Gasteiger partial charge in [0.25, 0.3) is 0 Å². The van der Waals surface area contributed by atoms with Gasteiger partial charge in [-0.05, 0) is 92.1 Å². The second-order valence-electron chi connectivity index (χ2n) is 15.1. The van der Waals surface area contributed by atoms with E-state index in [1.165, 1.54) is 39.8 Å². The van der Waals surface area contributed by atoms with Gasteiger partial charge in [0.2, 0.25) is 0 Å². The van der Waals surface area contributed by atoms with Crippen LogP contribution in [0.4, 0.5) is 0 Å². The van der Waals surface area contributed by atoms with Gasteiger partial charge in [0.1, 0.15) is 5.82 Å². The van der Waals surface area contributed by atoms with Crippen molar-refractivity contribution < 1.29 is 25.8 Å². The van der Waals surface area contributed by atoms with Gasteiger partial charge in [0, 0.05) is 40.4 Å². The molecule has 3 aromatic carbocycles. The van der Waals surface area contributed by atoms with E-state index in [4.69, 9.17) is 14.8 Å². The molecule has 0 spiro atoms. The van der Waals surface area contributed by atoms with Crippen molar-refractivity contribution in [1.29, 1.82) is 0 Å². The first-order chi connectivity index (χ1) is 23.5. The van der Waals surface area contributed by atoms with Crippen molar-refractivity contribution in [1.82, 2.24) is 19.3 Å². The van der Waals surface area contributed by atoms with Crippen LogP contribution in [0, 0.1) is 43.7 Å². The first kappa shape index (κ1) is 35.9. The van der Waals surface area contributed by atoms with Crippen molar-refractivity contribution in [3.63, 3.8) is 0 Å². The van der Waals surface area contributed by atoms with Gasteiger partial charge in [-0.15, -0.1) is 41.3 Å². The number of nitrogens with zero attached hydrogens (tertiary/aromatic N) is 4. The molecule has 3 heterocycles. The molecule has 1 aliphatic rings. The molecule has 0 aliphatic heterocycles. The topological polar surface area (TPSA) is 44.9 Å². The van der Waals surface area contributed by atoms with Gasteiger partial charge in [0.05, 0.1) is 5.69 Å². The number of benzene rings is 3. The van der Waals surface area contributed by atoms with Crippen LogP contribution >= 0.6 is 0 Å². The van der Waals surface area contributed by atoms with Crippen molar-refractivity contribution in [2.24, 2.45) is 17.8 Å². The predicted molar refractivity (Wildman–Crippen MR) is 201 cm³/mol. The van der Waals surface area contributed by atoms with Gasteiger partial charge < -0.3 is 9.30 Å². The molecule has 0 saturated heterocycles. The minimum absolute atomic E-state index is 0. The van der Waals surface area contributed by atoms with Gasteiger partial charge in [-0.3, -0.25) is 4.68 Å². The van der Waals surface area contributed by atoms with Gasteiger partial charge in [-0.2, -0.15) is 11.2 Å². The molecule has 0 amide bonds. The Bertz CT molecular complexity index is 2200. The summed E-state index contributed by atoms with van der Waals surface area (Å²) in [5, 5.41) is 7.39. The number of ether oxygens (including phenoxy) is 1. The molecular formula is C44H48N4OPt. The quantitative estimate of drug-likeness (QED) is 0.113. The fourth-order valence-corrected chi connectivity index (χ4v) is 8.17. The number of hydrogen-bond acceptors (Lipinski definition) is 3. The van der Waals surface area contributed by atoms with Crippen LogP contribution in [0.1, 0.15) is 94.8 Å². The molecule has 7 rings (SSSR count). The number of fused-ring (bicyclic) bond motifs is 3. The zero-order valence-corrected chi connectivity index (χ0v) is 33.0. The van der Waals surface area contributed by atoms with Gasteiger partial charge >= 0.3 is 21.1 Å². The number of hydrogen-bond donors (Lipinski definition) is 0. The summed E-state index contributed by atoms with van der Waals surface area (Å²) in [5.41, 5.74) is 10.4. The van der Waals surface area contributed by atoms with E-state index in [2.05, 4.69) is 144 Å². The number of rotatable bonds is 8. The Morgan fingerprint density at radius 1 is 0.900 bits per heavy atom. The second kappa shape index (κ2) is 14.3. The van der Waals surface area contributed by atoms with Crippen LogP contribution in [0.15, 0.2) is 78.5 Å².